The summed E-state index contributed by atoms with van der Waals surface area (Å²) < 4.78 is 0. The molecule has 1 aliphatic carbocycles. The van der Waals surface area contributed by atoms with E-state index in [9.17, 15) is 0 Å². The maximum absolute atomic E-state index is 5.59. The van der Waals surface area contributed by atoms with Crippen molar-refractivity contribution in [2.75, 3.05) is 13.1 Å². The first-order valence-electron chi connectivity index (χ1n) is 7.76. The highest BCUT2D eigenvalue weighted by atomic mass is 32.1. The molecule has 0 aromatic rings. The quantitative estimate of drug-likeness (QED) is 0.431. The number of hydrogen-bond acceptors (Lipinski definition) is 2. The lowest BCUT2D eigenvalue weighted by Gasteiger charge is -2.21. The van der Waals surface area contributed by atoms with Crippen LogP contribution >= 0.6 is 12.2 Å². The van der Waals surface area contributed by atoms with Crippen molar-refractivity contribution >= 4 is 17.2 Å². The summed E-state index contributed by atoms with van der Waals surface area (Å²) in [5, 5.41) is 0. The molecule has 0 aromatic heterocycles. The second-order valence-electron chi connectivity index (χ2n) is 5.60. The van der Waals surface area contributed by atoms with Crippen molar-refractivity contribution in [1.29, 1.82) is 0 Å². The zero-order valence-corrected chi connectivity index (χ0v) is 12.8. The van der Waals surface area contributed by atoms with E-state index in [-0.39, 0.29) is 0 Å². The van der Waals surface area contributed by atoms with Gasteiger partial charge in [0.2, 0.25) is 0 Å². The Balaban J connectivity index is 1.98. The van der Waals surface area contributed by atoms with Crippen LogP contribution in [-0.2, 0) is 0 Å². The van der Waals surface area contributed by atoms with E-state index >= 15 is 0 Å². The number of rotatable bonds is 12. The predicted octanol–water partition coefficient (Wildman–Crippen LogP) is 3.88. The van der Waals surface area contributed by atoms with Gasteiger partial charge in [0.25, 0.3) is 0 Å². The van der Waals surface area contributed by atoms with E-state index < -0.39 is 0 Å². The summed E-state index contributed by atoms with van der Waals surface area (Å²) in [5.74, 6) is 0. The van der Waals surface area contributed by atoms with Crippen LogP contribution in [0.25, 0.3) is 0 Å². The fourth-order valence-electron chi connectivity index (χ4n) is 2.44. The van der Waals surface area contributed by atoms with Crippen LogP contribution in [-0.4, -0.2) is 29.0 Å². The average Bonchev–Trinajstić information content (AvgIpc) is 3.15. The molecule has 1 fully saturated rings. The van der Waals surface area contributed by atoms with Crippen molar-refractivity contribution in [2.45, 2.75) is 77.2 Å². The summed E-state index contributed by atoms with van der Waals surface area (Å²) in [4.78, 5) is 3.27. The van der Waals surface area contributed by atoms with E-state index in [1.54, 1.807) is 0 Å². The molecule has 0 aromatic carbocycles. The summed E-state index contributed by atoms with van der Waals surface area (Å²) in [6, 6.07) is 0.847. The van der Waals surface area contributed by atoms with Crippen molar-refractivity contribution in [3.63, 3.8) is 0 Å². The highest BCUT2D eigenvalue weighted by Gasteiger charge is 2.27. The van der Waals surface area contributed by atoms with Crippen molar-refractivity contribution in [1.82, 2.24) is 4.90 Å². The van der Waals surface area contributed by atoms with Gasteiger partial charge in [-0.2, -0.15) is 0 Å². The zero-order chi connectivity index (χ0) is 13.2. The van der Waals surface area contributed by atoms with Crippen LogP contribution in [0.5, 0.6) is 0 Å². The molecule has 0 bridgehead atoms. The van der Waals surface area contributed by atoms with Gasteiger partial charge in [0.15, 0.2) is 0 Å². The first-order chi connectivity index (χ1) is 8.74. The van der Waals surface area contributed by atoms with Gasteiger partial charge in [0.1, 0.15) is 0 Å². The minimum Gasteiger partial charge on any atom is -0.393 e. The lowest BCUT2D eigenvalue weighted by atomic mass is 10.1. The SMILES string of the molecule is CCCCCCCCCN(CCC(N)=S)C1CC1. The Kier molecular flexibility index (Phi) is 8.60. The average molecular weight is 270 g/mol. The summed E-state index contributed by atoms with van der Waals surface area (Å²) >= 11 is 4.97. The third-order valence-electron chi connectivity index (χ3n) is 3.76. The van der Waals surface area contributed by atoms with Gasteiger partial charge < -0.3 is 5.73 Å². The maximum atomic E-state index is 5.59. The highest BCUT2D eigenvalue weighted by Crippen LogP contribution is 2.27. The van der Waals surface area contributed by atoms with Crippen molar-refractivity contribution in [3.8, 4) is 0 Å². The van der Waals surface area contributed by atoms with Crippen LogP contribution in [0.4, 0.5) is 0 Å². The summed E-state index contributed by atoms with van der Waals surface area (Å²) in [6.07, 6.45) is 13.4. The molecule has 0 saturated heterocycles. The Morgan fingerprint density at radius 2 is 1.67 bits per heavy atom. The molecule has 0 radical (unpaired) electrons. The molecule has 2 N–H and O–H groups in total. The molecule has 0 unspecified atom stereocenters. The molecule has 1 aliphatic rings. The fourth-order valence-corrected chi connectivity index (χ4v) is 2.53. The smallest absolute Gasteiger partial charge is 0.0740 e. The number of thiocarbonyl (C=S) groups is 1. The molecule has 0 atom stereocenters. The summed E-state index contributed by atoms with van der Waals surface area (Å²) in [7, 11) is 0. The van der Waals surface area contributed by atoms with Crippen LogP contribution < -0.4 is 5.73 Å². The molecule has 106 valence electrons. The second kappa shape index (κ2) is 9.74. The van der Waals surface area contributed by atoms with Gasteiger partial charge >= 0.3 is 0 Å². The standard InChI is InChI=1S/C15H30N2S/c1-2-3-4-5-6-7-8-12-17(14-9-10-14)13-11-15(16)18/h14H,2-13H2,1H3,(H2,16,18). The van der Waals surface area contributed by atoms with Gasteiger partial charge in [-0.15, -0.1) is 0 Å². The normalized spacial score (nSPS) is 15.2. The molecule has 0 heterocycles. The largest absolute Gasteiger partial charge is 0.393 e. The topological polar surface area (TPSA) is 29.3 Å². The molecule has 0 spiro atoms. The number of hydrogen-bond donors (Lipinski definition) is 1. The third-order valence-corrected chi connectivity index (χ3v) is 3.96. The predicted molar refractivity (Wildman–Crippen MR) is 84.0 cm³/mol. The van der Waals surface area contributed by atoms with E-state index in [0.717, 1.165) is 19.0 Å². The van der Waals surface area contributed by atoms with Crippen molar-refractivity contribution in [3.05, 3.63) is 0 Å². The van der Waals surface area contributed by atoms with E-state index in [0.29, 0.717) is 4.99 Å². The molecule has 1 rings (SSSR count). The minimum atomic E-state index is 0.667. The maximum Gasteiger partial charge on any atom is 0.0740 e. The Morgan fingerprint density at radius 3 is 2.22 bits per heavy atom. The molecule has 18 heavy (non-hydrogen) atoms. The first-order valence-corrected chi connectivity index (χ1v) is 8.17. The molecule has 0 amide bonds. The Morgan fingerprint density at radius 1 is 1.06 bits per heavy atom. The minimum absolute atomic E-state index is 0.667. The second-order valence-corrected chi connectivity index (χ2v) is 6.13. The van der Waals surface area contributed by atoms with Crippen LogP contribution in [0, 0.1) is 0 Å². The van der Waals surface area contributed by atoms with Crippen LogP contribution in [0.1, 0.15) is 71.1 Å². The Bertz CT molecular complexity index is 227. The third kappa shape index (κ3) is 8.04. The van der Waals surface area contributed by atoms with E-state index in [4.69, 9.17) is 18.0 Å². The molecule has 2 nitrogen and oxygen atoms in total. The van der Waals surface area contributed by atoms with Gasteiger partial charge in [-0.25, -0.2) is 0 Å². The number of nitrogens with two attached hydrogens (primary N) is 1. The van der Waals surface area contributed by atoms with Crippen molar-refractivity contribution in [2.24, 2.45) is 5.73 Å². The van der Waals surface area contributed by atoms with E-state index in [1.165, 1.54) is 64.3 Å². The van der Waals surface area contributed by atoms with Gasteiger partial charge in [-0.1, -0.05) is 57.7 Å². The van der Waals surface area contributed by atoms with Gasteiger partial charge in [-0.05, 0) is 25.8 Å². The Hall–Kier alpha value is -0.150. The lowest BCUT2D eigenvalue weighted by molar-refractivity contribution is 0.264. The first kappa shape index (κ1) is 15.9. The molecular formula is C15H30N2S. The highest BCUT2D eigenvalue weighted by molar-refractivity contribution is 7.80. The number of nitrogens with zero attached hydrogens (tertiary/aromatic N) is 1. The molecular weight excluding hydrogens is 240 g/mol. The van der Waals surface area contributed by atoms with Crippen LogP contribution in [0.15, 0.2) is 0 Å². The van der Waals surface area contributed by atoms with Crippen molar-refractivity contribution < 1.29 is 0 Å². The number of unbranched alkanes of at least 4 members (excludes halogenated alkanes) is 6. The molecule has 1 saturated carbocycles. The van der Waals surface area contributed by atoms with E-state index in [2.05, 4.69) is 11.8 Å². The lowest BCUT2D eigenvalue weighted by Crippen LogP contribution is -2.30. The molecule has 3 heteroatoms. The summed E-state index contributed by atoms with van der Waals surface area (Å²) in [6.45, 7) is 4.60. The van der Waals surface area contributed by atoms with Crippen LogP contribution in [0.2, 0.25) is 0 Å². The monoisotopic (exact) mass is 270 g/mol. The molecule has 0 aliphatic heterocycles. The fraction of sp³-hybridized carbons (Fsp3) is 0.933. The van der Waals surface area contributed by atoms with Crippen LogP contribution in [0.3, 0.4) is 0 Å². The Labute approximate surface area is 118 Å². The van der Waals surface area contributed by atoms with Gasteiger partial charge in [0, 0.05) is 19.0 Å². The van der Waals surface area contributed by atoms with Gasteiger partial charge in [-0.3, -0.25) is 4.90 Å². The summed E-state index contributed by atoms with van der Waals surface area (Å²) in [5.41, 5.74) is 5.59. The van der Waals surface area contributed by atoms with E-state index in [1.807, 2.05) is 0 Å². The zero-order valence-electron chi connectivity index (χ0n) is 12.0. The van der Waals surface area contributed by atoms with Gasteiger partial charge in [0.05, 0.1) is 4.99 Å².